The normalized spacial score (nSPS) is 14.4. The number of morpholine rings is 1. The number of rotatable bonds is 5. The lowest BCUT2D eigenvalue weighted by molar-refractivity contribution is -0.125. The predicted octanol–water partition coefficient (Wildman–Crippen LogP) is 3.92. The lowest BCUT2D eigenvalue weighted by Gasteiger charge is -2.28. The van der Waals surface area contributed by atoms with Crippen LogP contribution in [-0.2, 0) is 14.3 Å². The third kappa shape index (κ3) is 5.42. The highest BCUT2D eigenvalue weighted by Crippen LogP contribution is 2.30. The summed E-state index contributed by atoms with van der Waals surface area (Å²) in [5, 5.41) is 5.83. The van der Waals surface area contributed by atoms with E-state index in [0.29, 0.717) is 38.9 Å². The second-order valence-electron chi connectivity index (χ2n) is 6.92. The average Bonchev–Trinajstić information content (AvgIpc) is 3.06. The van der Waals surface area contributed by atoms with Gasteiger partial charge in [-0.15, -0.1) is 0 Å². The van der Waals surface area contributed by atoms with Crippen molar-refractivity contribution in [3.05, 3.63) is 39.7 Å². The molecule has 0 aliphatic carbocycles. The van der Waals surface area contributed by atoms with Crippen LogP contribution in [0.5, 0.6) is 5.06 Å². The Morgan fingerprint density at radius 1 is 1.23 bits per heavy atom. The zero-order valence-corrected chi connectivity index (χ0v) is 18.5. The maximum Gasteiger partial charge on any atom is 0.414 e. The second kappa shape index (κ2) is 9.22. The van der Waals surface area contributed by atoms with Gasteiger partial charge in [0.15, 0.2) is 5.06 Å². The molecule has 0 spiro atoms. The van der Waals surface area contributed by atoms with Crippen molar-refractivity contribution in [2.75, 3.05) is 30.0 Å². The molecule has 3 rings (SSSR count). The molecule has 1 aliphatic heterocycles. The number of halogens is 2. The number of hydrogen-bond acceptors (Lipinski definition) is 6. The highest BCUT2D eigenvalue weighted by Gasteiger charge is 2.31. The molecule has 0 unspecified atom stereocenters. The van der Waals surface area contributed by atoms with Gasteiger partial charge in [-0.1, -0.05) is 34.5 Å². The number of anilines is 2. The van der Waals surface area contributed by atoms with Crippen molar-refractivity contribution in [3.63, 3.8) is 0 Å². The van der Waals surface area contributed by atoms with E-state index in [9.17, 15) is 14.4 Å². The molecular formula is C19H19Cl2N3O5S. The van der Waals surface area contributed by atoms with Gasteiger partial charge in [0.05, 0.1) is 21.7 Å². The van der Waals surface area contributed by atoms with Gasteiger partial charge in [0.25, 0.3) is 5.91 Å². The number of amides is 3. The fourth-order valence-corrected chi connectivity index (χ4v) is 3.80. The van der Waals surface area contributed by atoms with Crippen LogP contribution in [0.25, 0.3) is 0 Å². The van der Waals surface area contributed by atoms with Crippen LogP contribution in [-0.4, -0.2) is 43.2 Å². The minimum atomic E-state index is -1.27. The van der Waals surface area contributed by atoms with Crippen LogP contribution in [0, 0.1) is 0 Å². The molecule has 1 saturated heterocycles. The molecule has 30 heavy (non-hydrogen) atoms. The van der Waals surface area contributed by atoms with Crippen LogP contribution in [0.1, 0.15) is 13.8 Å². The number of nitrogens with one attached hydrogen (secondary N) is 2. The number of thiophene rings is 1. The number of ether oxygens (including phenoxy) is 2. The van der Waals surface area contributed by atoms with Gasteiger partial charge in [-0.25, -0.2) is 4.79 Å². The van der Waals surface area contributed by atoms with Gasteiger partial charge in [-0.05, 0) is 44.2 Å². The van der Waals surface area contributed by atoms with Crippen molar-refractivity contribution in [2.24, 2.45) is 0 Å². The Labute approximate surface area is 187 Å². The highest BCUT2D eigenvalue weighted by atomic mass is 35.5. The van der Waals surface area contributed by atoms with E-state index >= 15 is 0 Å². The number of carbonyl (C=O) groups is 3. The van der Waals surface area contributed by atoms with Gasteiger partial charge >= 0.3 is 6.09 Å². The molecule has 3 amide bonds. The minimum Gasteiger partial charge on any atom is -0.399 e. The molecule has 1 aromatic heterocycles. The molecule has 2 aromatic rings. The van der Waals surface area contributed by atoms with Crippen LogP contribution < -0.4 is 20.3 Å². The molecule has 0 bridgehead atoms. The van der Waals surface area contributed by atoms with Gasteiger partial charge in [0.2, 0.25) is 5.91 Å². The summed E-state index contributed by atoms with van der Waals surface area (Å²) in [7, 11) is 0. The summed E-state index contributed by atoms with van der Waals surface area (Å²) in [6.07, 6.45) is -0.784. The van der Waals surface area contributed by atoms with E-state index in [1.54, 1.807) is 30.3 Å². The maximum atomic E-state index is 12.7. The molecule has 1 aromatic carbocycles. The summed E-state index contributed by atoms with van der Waals surface area (Å²) >= 11 is 13.2. The van der Waals surface area contributed by atoms with E-state index in [1.165, 1.54) is 18.7 Å². The Bertz CT molecular complexity index is 979. The van der Waals surface area contributed by atoms with Crippen LogP contribution in [0.2, 0.25) is 9.36 Å². The highest BCUT2D eigenvalue weighted by molar-refractivity contribution is 7.17. The summed E-state index contributed by atoms with van der Waals surface area (Å²) in [6.45, 7) is 3.90. The number of hydrogen-bond donors (Lipinski definition) is 2. The molecule has 2 N–H and O–H groups in total. The van der Waals surface area contributed by atoms with Crippen molar-refractivity contribution in [1.82, 2.24) is 5.32 Å². The molecular weight excluding hydrogens is 453 g/mol. The summed E-state index contributed by atoms with van der Waals surface area (Å²) < 4.78 is 10.7. The Morgan fingerprint density at radius 3 is 2.63 bits per heavy atom. The lowest BCUT2D eigenvalue weighted by atomic mass is 10.0. The second-order valence-corrected chi connectivity index (χ2v) is 9.00. The van der Waals surface area contributed by atoms with E-state index in [2.05, 4.69) is 10.6 Å². The maximum absolute atomic E-state index is 12.7. The van der Waals surface area contributed by atoms with E-state index in [0.717, 1.165) is 11.3 Å². The molecule has 2 heterocycles. The van der Waals surface area contributed by atoms with Gasteiger partial charge in [0, 0.05) is 12.2 Å². The summed E-state index contributed by atoms with van der Waals surface area (Å²) in [5.74, 6) is -0.661. The van der Waals surface area contributed by atoms with Crippen molar-refractivity contribution in [3.8, 4) is 5.06 Å². The lowest BCUT2D eigenvalue weighted by Crippen LogP contribution is -2.53. The molecule has 0 atom stereocenters. The van der Waals surface area contributed by atoms with Crippen LogP contribution in [0.15, 0.2) is 30.3 Å². The number of benzene rings is 1. The summed E-state index contributed by atoms with van der Waals surface area (Å²) in [6, 6.07) is 7.98. The van der Waals surface area contributed by atoms with E-state index < -0.39 is 17.5 Å². The topological polar surface area (TPSA) is 97.0 Å². The monoisotopic (exact) mass is 471 g/mol. The number of nitrogens with zero attached hydrogens (tertiary/aromatic N) is 1. The predicted molar refractivity (Wildman–Crippen MR) is 116 cm³/mol. The molecule has 160 valence electrons. The average molecular weight is 472 g/mol. The van der Waals surface area contributed by atoms with Gasteiger partial charge in [0.1, 0.15) is 12.1 Å². The first-order valence-corrected chi connectivity index (χ1v) is 10.5. The Hall–Kier alpha value is -2.33. The largest absolute Gasteiger partial charge is 0.414 e. The summed E-state index contributed by atoms with van der Waals surface area (Å²) in [4.78, 5) is 38.3. The quantitative estimate of drug-likeness (QED) is 0.688. The molecule has 1 aliphatic rings. The van der Waals surface area contributed by atoms with Crippen LogP contribution >= 0.6 is 34.5 Å². The van der Waals surface area contributed by atoms with Gasteiger partial charge in [-0.2, -0.15) is 0 Å². The molecule has 0 saturated carbocycles. The smallest absolute Gasteiger partial charge is 0.399 e. The van der Waals surface area contributed by atoms with E-state index in [1.807, 2.05) is 0 Å². The van der Waals surface area contributed by atoms with E-state index in [4.69, 9.17) is 32.7 Å². The van der Waals surface area contributed by atoms with Gasteiger partial charge in [-0.3, -0.25) is 9.59 Å². The van der Waals surface area contributed by atoms with Crippen molar-refractivity contribution >= 4 is 63.8 Å². The first-order chi connectivity index (χ1) is 14.2. The first kappa shape index (κ1) is 22.4. The third-order valence-electron chi connectivity index (χ3n) is 4.21. The fourth-order valence-electron chi connectivity index (χ4n) is 2.64. The van der Waals surface area contributed by atoms with Crippen LogP contribution in [0.4, 0.5) is 16.2 Å². The number of carbonyl (C=O) groups excluding carboxylic acids is 3. The Balaban J connectivity index is 1.63. The van der Waals surface area contributed by atoms with Crippen molar-refractivity contribution in [1.29, 1.82) is 0 Å². The van der Waals surface area contributed by atoms with Crippen molar-refractivity contribution < 1.29 is 23.9 Å². The Kier molecular flexibility index (Phi) is 6.87. The van der Waals surface area contributed by atoms with Crippen LogP contribution in [0.3, 0.4) is 0 Å². The zero-order valence-electron chi connectivity index (χ0n) is 16.2. The first-order valence-electron chi connectivity index (χ1n) is 8.90. The van der Waals surface area contributed by atoms with Gasteiger partial charge < -0.3 is 25.0 Å². The third-order valence-corrected chi connectivity index (χ3v) is 5.62. The molecule has 1 fully saturated rings. The molecule has 11 heteroatoms. The fraction of sp³-hybridized carbons (Fsp3) is 0.316. The molecule has 8 nitrogen and oxygen atoms in total. The Morgan fingerprint density at radius 2 is 2.00 bits per heavy atom. The zero-order chi connectivity index (χ0) is 21.9. The molecule has 0 radical (unpaired) electrons. The SMILES string of the molecule is CC(C)(NC(=O)Oc1ccc(Cl)s1)C(=O)Nc1ccc(N2CCOCC2=O)c(Cl)c1. The van der Waals surface area contributed by atoms with Crippen molar-refractivity contribution in [2.45, 2.75) is 19.4 Å². The van der Waals surface area contributed by atoms with E-state index in [-0.39, 0.29) is 12.5 Å². The summed E-state index contributed by atoms with van der Waals surface area (Å²) in [5.41, 5.74) is -0.315. The standard InChI is InChI=1S/C19H19Cl2N3O5S/c1-19(2,23-18(27)29-16-6-5-14(21)30-16)17(26)22-11-3-4-13(12(20)9-11)24-7-8-28-10-15(24)25/h3-6,9H,7-8,10H2,1-2H3,(H,22,26)(H,23,27). The minimum absolute atomic E-state index is 0.00243.